The monoisotopic (exact) mass is 290 g/mol. The van der Waals surface area contributed by atoms with Crippen molar-refractivity contribution in [2.45, 2.75) is 32.2 Å². The summed E-state index contributed by atoms with van der Waals surface area (Å²) < 4.78 is 0. The van der Waals surface area contributed by atoms with Crippen molar-refractivity contribution in [1.29, 1.82) is 0 Å². The maximum absolute atomic E-state index is 12.0. The second-order valence-corrected chi connectivity index (χ2v) is 6.24. The summed E-state index contributed by atoms with van der Waals surface area (Å²) in [5.41, 5.74) is 0.927. The van der Waals surface area contributed by atoms with E-state index in [1.165, 1.54) is 5.56 Å². The number of hydrogen-bond acceptors (Lipinski definition) is 2. The highest BCUT2D eigenvalue weighted by Gasteiger charge is 2.37. The van der Waals surface area contributed by atoms with Crippen LogP contribution in [0.5, 0.6) is 0 Å². The molecule has 5 heteroatoms. The summed E-state index contributed by atoms with van der Waals surface area (Å²) in [7, 11) is 0. The topological polar surface area (TPSA) is 69.6 Å². The van der Waals surface area contributed by atoms with Crippen LogP contribution in [0.4, 0.5) is 4.79 Å². The van der Waals surface area contributed by atoms with Gasteiger partial charge < -0.3 is 15.3 Å². The van der Waals surface area contributed by atoms with E-state index in [1.54, 1.807) is 4.90 Å². The summed E-state index contributed by atoms with van der Waals surface area (Å²) >= 11 is 0. The van der Waals surface area contributed by atoms with E-state index in [-0.39, 0.29) is 11.6 Å². The molecule has 1 aliphatic rings. The van der Waals surface area contributed by atoms with Gasteiger partial charge >= 0.3 is 12.0 Å². The summed E-state index contributed by atoms with van der Waals surface area (Å²) in [6.45, 7) is 4.58. The second-order valence-electron chi connectivity index (χ2n) is 6.24. The number of aryl methyl sites for hydroxylation is 1. The fourth-order valence-corrected chi connectivity index (χ4v) is 2.33. The smallest absolute Gasteiger partial charge is 0.317 e. The van der Waals surface area contributed by atoms with Crippen LogP contribution < -0.4 is 5.32 Å². The molecule has 0 bridgehead atoms. The van der Waals surface area contributed by atoms with Gasteiger partial charge in [-0.25, -0.2) is 4.79 Å². The molecular weight excluding hydrogens is 268 g/mol. The van der Waals surface area contributed by atoms with E-state index in [0.717, 1.165) is 12.8 Å². The van der Waals surface area contributed by atoms with Crippen LogP contribution in [0.2, 0.25) is 0 Å². The summed E-state index contributed by atoms with van der Waals surface area (Å²) in [5, 5.41) is 11.8. The SMILES string of the molecule is CC(C)(CCc1ccccc1)NC(=O)N1CC(C(=O)O)C1. The fourth-order valence-electron chi connectivity index (χ4n) is 2.33. The van der Waals surface area contributed by atoms with E-state index in [0.29, 0.717) is 13.1 Å². The maximum atomic E-state index is 12.0. The first-order valence-corrected chi connectivity index (χ1v) is 7.21. The first-order valence-electron chi connectivity index (χ1n) is 7.21. The van der Waals surface area contributed by atoms with Crippen LogP contribution in [0, 0.1) is 5.92 Å². The third kappa shape index (κ3) is 4.21. The minimum atomic E-state index is -0.831. The number of nitrogens with one attached hydrogen (secondary N) is 1. The summed E-state index contributed by atoms with van der Waals surface area (Å²) in [6.07, 6.45) is 1.73. The molecule has 1 aromatic rings. The number of amides is 2. The highest BCUT2D eigenvalue weighted by atomic mass is 16.4. The molecule has 1 saturated heterocycles. The molecule has 1 heterocycles. The first kappa shape index (κ1) is 15.4. The number of carboxylic acids is 1. The van der Waals surface area contributed by atoms with E-state index in [4.69, 9.17) is 5.11 Å². The van der Waals surface area contributed by atoms with E-state index < -0.39 is 11.9 Å². The minimum absolute atomic E-state index is 0.175. The number of nitrogens with zero attached hydrogens (tertiary/aromatic N) is 1. The molecule has 114 valence electrons. The summed E-state index contributed by atoms with van der Waals surface area (Å²) in [5.74, 6) is -1.24. The molecule has 21 heavy (non-hydrogen) atoms. The van der Waals surface area contributed by atoms with Crippen LogP contribution in [0.25, 0.3) is 0 Å². The zero-order valence-electron chi connectivity index (χ0n) is 12.5. The fraction of sp³-hybridized carbons (Fsp3) is 0.500. The highest BCUT2D eigenvalue weighted by molar-refractivity contribution is 5.80. The van der Waals surface area contributed by atoms with Crippen molar-refractivity contribution >= 4 is 12.0 Å². The van der Waals surface area contributed by atoms with Gasteiger partial charge in [-0.2, -0.15) is 0 Å². The Kier molecular flexibility index (Phi) is 4.50. The third-order valence-corrected chi connectivity index (χ3v) is 3.84. The largest absolute Gasteiger partial charge is 0.481 e. The molecule has 2 amide bonds. The molecule has 0 spiro atoms. The molecule has 1 aromatic carbocycles. The molecule has 0 saturated carbocycles. The van der Waals surface area contributed by atoms with E-state index in [1.807, 2.05) is 32.0 Å². The van der Waals surface area contributed by atoms with E-state index in [9.17, 15) is 9.59 Å². The van der Waals surface area contributed by atoms with Gasteiger partial charge in [0, 0.05) is 18.6 Å². The highest BCUT2D eigenvalue weighted by Crippen LogP contribution is 2.18. The van der Waals surface area contributed by atoms with Crippen LogP contribution in [-0.4, -0.2) is 40.6 Å². The molecule has 2 N–H and O–H groups in total. The molecule has 0 aromatic heterocycles. The lowest BCUT2D eigenvalue weighted by atomic mass is 9.95. The van der Waals surface area contributed by atoms with Crippen molar-refractivity contribution < 1.29 is 14.7 Å². The van der Waals surface area contributed by atoms with Crippen molar-refractivity contribution in [3.63, 3.8) is 0 Å². The van der Waals surface area contributed by atoms with Crippen LogP contribution in [0.15, 0.2) is 30.3 Å². The van der Waals surface area contributed by atoms with Gasteiger partial charge in [0.2, 0.25) is 0 Å². The van der Waals surface area contributed by atoms with Crippen LogP contribution in [0.1, 0.15) is 25.8 Å². The number of carbonyl (C=O) groups is 2. The molecule has 0 radical (unpaired) electrons. The number of likely N-dealkylation sites (tertiary alicyclic amines) is 1. The molecule has 0 aliphatic carbocycles. The maximum Gasteiger partial charge on any atom is 0.317 e. The third-order valence-electron chi connectivity index (χ3n) is 3.84. The van der Waals surface area contributed by atoms with Crippen LogP contribution >= 0.6 is 0 Å². The Morgan fingerprint density at radius 2 is 1.90 bits per heavy atom. The van der Waals surface area contributed by atoms with Crippen molar-refractivity contribution in [2.24, 2.45) is 5.92 Å². The van der Waals surface area contributed by atoms with Gasteiger partial charge in [-0.05, 0) is 32.3 Å². The minimum Gasteiger partial charge on any atom is -0.481 e. The number of benzene rings is 1. The normalized spacial score (nSPS) is 15.4. The molecule has 0 atom stereocenters. The van der Waals surface area contributed by atoms with Crippen molar-refractivity contribution in [3.8, 4) is 0 Å². The molecule has 5 nitrogen and oxygen atoms in total. The second kappa shape index (κ2) is 6.16. The van der Waals surface area contributed by atoms with E-state index >= 15 is 0 Å². The Morgan fingerprint density at radius 1 is 1.29 bits per heavy atom. The van der Waals surface area contributed by atoms with Gasteiger partial charge in [0.1, 0.15) is 0 Å². The standard InChI is InChI=1S/C16H22N2O3/c1-16(2,9-8-12-6-4-3-5-7-12)17-15(21)18-10-13(11-18)14(19)20/h3-7,13H,8-11H2,1-2H3,(H,17,21)(H,19,20). The number of hydrogen-bond donors (Lipinski definition) is 2. The van der Waals surface area contributed by atoms with Gasteiger partial charge in [-0.3, -0.25) is 4.79 Å². The molecule has 1 aliphatic heterocycles. The zero-order chi connectivity index (χ0) is 15.5. The average Bonchev–Trinajstić information content (AvgIpc) is 2.35. The lowest BCUT2D eigenvalue weighted by Gasteiger charge is -2.39. The molecule has 1 fully saturated rings. The number of rotatable bonds is 5. The molecule has 0 unspecified atom stereocenters. The van der Waals surface area contributed by atoms with Crippen molar-refractivity contribution in [3.05, 3.63) is 35.9 Å². The predicted molar refractivity (Wildman–Crippen MR) is 80.1 cm³/mol. The van der Waals surface area contributed by atoms with Crippen molar-refractivity contribution in [1.82, 2.24) is 10.2 Å². The zero-order valence-corrected chi connectivity index (χ0v) is 12.5. The lowest BCUT2D eigenvalue weighted by Crippen LogP contribution is -2.59. The first-order chi connectivity index (χ1) is 9.87. The van der Waals surface area contributed by atoms with Gasteiger partial charge in [0.25, 0.3) is 0 Å². The number of carbonyl (C=O) groups excluding carboxylic acids is 1. The van der Waals surface area contributed by atoms with Gasteiger partial charge in [-0.15, -0.1) is 0 Å². The van der Waals surface area contributed by atoms with Crippen LogP contribution in [-0.2, 0) is 11.2 Å². The summed E-state index contributed by atoms with van der Waals surface area (Å²) in [6, 6.07) is 9.97. The Balaban J connectivity index is 1.78. The quantitative estimate of drug-likeness (QED) is 0.872. The van der Waals surface area contributed by atoms with Crippen molar-refractivity contribution in [2.75, 3.05) is 13.1 Å². The Labute approximate surface area is 125 Å². The average molecular weight is 290 g/mol. The molecule has 2 rings (SSSR count). The Bertz CT molecular complexity index is 508. The number of carboxylic acid groups (broad SMARTS) is 1. The van der Waals surface area contributed by atoms with Crippen LogP contribution in [0.3, 0.4) is 0 Å². The van der Waals surface area contributed by atoms with E-state index in [2.05, 4.69) is 17.4 Å². The lowest BCUT2D eigenvalue weighted by molar-refractivity contribution is -0.146. The molecular formula is C16H22N2O3. The van der Waals surface area contributed by atoms with Gasteiger partial charge in [0.15, 0.2) is 0 Å². The van der Waals surface area contributed by atoms with Gasteiger partial charge in [0.05, 0.1) is 5.92 Å². The number of aliphatic carboxylic acids is 1. The number of urea groups is 1. The Hall–Kier alpha value is -2.04. The predicted octanol–water partition coefficient (Wildman–Crippen LogP) is 2.12. The summed E-state index contributed by atoms with van der Waals surface area (Å²) in [4.78, 5) is 24.3. The Morgan fingerprint density at radius 3 is 2.48 bits per heavy atom. The van der Waals surface area contributed by atoms with Gasteiger partial charge in [-0.1, -0.05) is 30.3 Å².